The minimum Gasteiger partial charge on any atom is -0.462 e. The van der Waals surface area contributed by atoms with Crippen LogP contribution in [0.15, 0.2) is 0 Å². The molecule has 0 saturated carbocycles. The van der Waals surface area contributed by atoms with E-state index in [1.54, 1.807) is 0 Å². The van der Waals surface area contributed by atoms with Crippen LogP contribution in [0.4, 0.5) is 0 Å². The second-order valence-corrected chi connectivity index (χ2v) is 21.2. The summed E-state index contributed by atoms with van der Waals surface area (Å²) in [5, 5.41) is 0. The summed E-state index contributed by atoms with van der Waals surface area (Å²) in [5.41, 5.74) is 0. The van der Waals surface area contributed by atoms with Crippen molar-refractivity contribution in [1.82, 2.24) is 0 Å². The molecule has 386 valence electrons. The van der Waals surface area contributed by atoms with Gasteiger partial charge in [-0.25, -0.2) is 0 Å². The molecule has 0 rings (SSSR count). The summed E-state index contributed by atoms with van der Waals surface area (Å²) in [6.45, 7) is 13.8. The Morgan fingerprint density at radius 3 is 0.800 bits per heavy atom. The Morgan fingerprint density at radius 2 is 0.538 bits per heavy atom. The lowest BCUT2D eigenvalue weighted by Gasteiger charge is -2.18. The molecule has 0 amide bonds. The van der Waals surface area contributed by atoms with Crippen molar-refractivity contribution in [3.05, 3.63) is 0 Å². The number of hydrogen-bond donors (Lipinski definition) is 0. The number of esters is 3. The molecule has 0 heterocycles. The highest BCUT2D eigenvalue weighted by molar-refractivity contribution is 5.71. The van der Waals surface area contributed by atoms with E-state index in [0.717, 1.165) is 75.5 Å². The van der Waals surface area contributed by atoms with Crippen molar-refractivity contribution in [3.8, 4) is 0 Å². The summed E-state index contributed by atoms with van der Waals surface area (Å²) in [6, 6.07) is 0. The predicted octanol–water partition coefficient (Wildman–Crippen LogP) is 19.1. The maximum absolute atomic E-state index is 12.8. The first kappa shape index (κ1) is 63.4. The number of hydrogen-bond acceptors (Lipinski definition) is 6. The molecule has 0 aliphatic heterocycles. The molecule has 0 aliphatic carbocycles. The third-order valence-corrected chi connectivity index (χ3v) is 14.1. The smallest absolute Gasteiger partial charge is 0.306 e. The molecule has 6 heteroatoms. The van der Waals surface area contributed by atoms with Crippen LogP contribution in [0, 0.1) is 17.8 Å². The van der Waals surface area contributed by atoms with Crippen molar-refractivity contribution in [2.45, 2.75) is 330 Å². The zero-order valence-electron chi connectivity index (χ0n) is 44.8. The van der Waals surface area contributed by atoms with Crippen molar-refractivity contribution in [3.63, 3.8) is 0 Å². The van der Waals surface area contributed by atoms with Crippen LogP contribution in [0.2, 0.25) is 0 Å². The van der Waals surface area contributed by atoms with Gasteiger partial charge >= 0.3 is 17.9 Å². The highest BCUT2D eigenvalue weighted by Gasteiger charge is 2.19. The Hall–Kier alpha value is -1.59. The summed E-state index contributed by atoms with van der Waals surface area (Å²) in [4.78, 5) is 38.1. The third kappa shape index (κ3) is 50.1. The number of ether oxygens (including phenoxy) is 3. The quantitative estimate of drug-likeness (QED) is 0.0344. The topological polar surface area (TPSA) is 78.9 Å². The van der Waals surface area contributed by atoms with Crippen molar-refractivity contribution in [2.24, 2.45) is 17.8 Å². The van der Waals surface area contributed by atoms with Crippen LogP contribution in [0.5, 0.6) is 0 Å². The molecule has 0 aliphatic rings. The van der Waals surface area contributed by atoms with Gasteiger partial charge in [0.05, 0.1) is 0 Å². The minimum atomic E-state index is -0.764. The van der Waals surface area contributed by atoms with Crippen molar-refractivity contribution in [2.75, 3.05) is 13.2 Å². The molecule has 0 aromatic heterocycles. The van der Waals surface area contributed by atoms with E-state index in [1.807, 2.05) is 0 Å². The Morgan fingerprint density at radius 1 is 0.308 bits per heavy atom. The molecule has 0 bridgehead atoms. The van der Waals surface area contributed by atoms with Crippen LogP contribution in [-0.4, -0.2) is 37.2 Å². The Kier molecular flexibility index (Phi) is 49.1. The average Bonchev–Trinajstić information content (AvgIpc) is 3.29. The molecule has 65 heavy (non-hydrogen) atoms. The van der Waals surface area contributed by atoms with E-state index in [9.17, 15) is 14.4 Å². The summed E-state index contributed by atoms with van der Waals surface area (Å²) in [5.74, 6) is 1.73. The van der Waals surface area contributed by atoms with Gasteiger partial charge in [-0.05, 0) is 37.0 Å². The third-order valence-electron chi connectivity index (χ3n) is 14.1. The van der Waals surface area contributed by atoms with Crippen molar-refractivity contribution < 1.29 is 28.6 Å². The molecule has 0 radical (unpaired) electrons. The highest BCUT2D eigenvalue weighted by Crippen LogP contribution is 2.19. The van der Waals surface area contributed by atoms with E-state index in [2.05, 4.69) is 41.5 Å². The average molecular weight is 920 g/mol. The number of unbranched alkanes of at least 4 members (excludes halogenated alkanes) is 33. The van der Waals surface area contributed by atoms with Crippen LogP contribution in [0.3, 0.4) is 0 Å². The monoisotopic (exact) mass is 919 g/mol. The maximum Gasteiger partial charge on any atom is 0.306 e. The van der Waals surface area contributed by atoms with Gasteiger partial charge in [-0.3, -0.25) is 14.4 Å². The first-order chi connectivity index (χ1) is 31.7. The second-order valence-electron chi connectivity index (χ2n) is 21.2. The zero-order chi connectivity index (χ0) is 47.7. The van der Waals surface area contributed by atoms with E-state index in [0.29, 0.717) is 19.3 Å². The van der Waals surface area contributed by atoms with Gasteiger partial charge < -0.3 is 14.2 Å². The van der Waals surface area contributed by atoms with E-state index >= 15 is 0 Å². The summed E-state index contributed by atoms with van der Waals surface area (Å²) < 4.78 is 16.9. The molecule has 0 aromatic rings. The molecule has 3 atom stereocenters. The van der Waals surface area contributed by atoms with Gasteiger partial charge in [-0.15, -0.1) is 0 Å². The van der Waals surface area contributed by atoms with Gasteiger partial charge in [0.15, 0.2) is 6.10 Å². The Labute approximate surface area is 406 Å². The SMILES string of the molecule is CCC(C)CCCCCCCCCCCCCCCCCCCCC(=O)OC[C@@H](COC(=O)CCCCCCCCCCC(C)C)OC(=O)CCCCCCCCCCCCC(C)CC. The highest BCUT2D eigenvalue weighted by atomic mass is 16.6. The summed E-state index contributed by atoms with van der Waals surface area (Å²) >= 11 is 0. The molecule has 6 nitrogen and oxygen atoms in total. The molecule has 2 unspecified atom stereocenters. The predicted molar refractivity (Wildman–Crippen MR) is 279 cm³/mol. The number of carbonyl (C=O) groups is 3. The van der Waals surface area contributed by atoms with Gasteiger partial charge in [0.25, 0.3) is 0 Å². The lowest BCUT2D eigenvalue weighted by Crippen LogP contribution is -2.30. The summed E-state index contributed by atoms with van der Waals surface area (Å²) in [7, 11) is 0. The van der Waals surface area contributed by atoms with Gasteiger partial charge in [0, 0.05) is 19.3 Å². The normalized spacial score (nSPS) is 13.0. The van der Waals surface area contributed by atoms with E-state index < -0.39 is 6.10 Å². The van der Waals surface area contributed by atoms with Gasteiger partial charge in [-0.1, -0.05) is 286 Å². The fourth-order valence-corrected chi connectivity index (χ4v) is 8.93. The first-order valence-electron chi connectivity index (χ1n) is 29.2. The van der Waals surface area contributed by atoms with Crippen LogP contribution >= 0.6 is 0 Å². The Bertz CT molecular complexity index is 1010. The van der Waals surface area contributed by atoms with E-state index in [1.165, 1.54) is 205 Å². The number of rotatable bonds is 52. The van der Waals surface area contributed by atoms with E-state index in [4.69, 9.17) is 14.2 Å². The van der Waals surface area contributed by atoms with Gasteiger partial charge in [0.1, 0.15) is 13.2 Å². The molecular formula is C59H114O6. The maximum atomic E-state index is 12.8. The van der Waals surface area contributed by atoms with Crippen LogP contribution in [0.1, 0.15) is 324 Å². The molecule has 0 saturated heterocycles. The van der Waals surface area contributed by atoms with Crippen LogP contribution < -0.4 is 0 Å². The van der Waals surface area contributed by atoms with Crippen LogP contribution in [-0.2, 0) is 28.6 Å². The summed E-state index contributed by atoms with van der Waals surface area (Å²) in [6.07, 6.45) is 52.4. The van der Waals surface area contributed by atoms with E-state index in [-0.39, 0.29) is 31.1 Å². The van der Waals surface area contributed by atoms with Crippen molar-refractivity contribution in [1.29, 1.82) is 0 Å². The Balaban J connectivity index is 4.22. The molecule has 0 N–H and O–H groups in total. The molecule has 0 spiro atoms. The molecule has 0 aromatic carbocycles. The minimum absolute atomic E-state index is 0.0641. The fraction of sp³-hybridized carbons (Fsp3) is 0.949. The van der Waals surface area contributed by atoms with Crippen molar-refractivity contribution >= 4 is 17.9 Å². The largest absolute Gasteiger partial charge is 0.462 e. The first-order valence-corrected chi connectivity index (χ1v) is 29.2. The van der Waals surface area contributed by atoms with Gasteiger partial charge in [0.2, 0.25) is 0 Å². The second kappa shape index (κ2) is 50.3. The lowest BCUT2D eigenvalue weighted by molar-refractivity contribution is -0.167. The standard InChI is InChI=1S/C59H114O6/c1-7-54(5)46-40-34-28-21-17-15-13-11-9-10-12-14-16-18-23-30-36-42-48-57(60)63-51-56(52-64-58(61)49-43-37-31-26-25-27-33-39-45-53(3)4)65-59(62)50-44-38-32-24-20-19-22-29-35-41-47-55(6)8-2/h53-56H,7-52H2,1-6H3/t54?,55?,56-/m0/s1. The van der Waals surface area contributed by atoms with Crippen LogP contribution in [0.25, 0.3) is 0 Å². The fourth-order valence-electron chi connectivity index (χ4n) is 8.93. The number of carbonyl (C=O) groups excluding carboxylic acids is 3. The van der Waals surface area contributed by atoms with Gasteiger partial charge in [-0.2, -0.15) is 0 Å². The lowest BCUT2D eigenvalue weighted by atomic mass is 9.99. The molecular weight excluding hydrogens is 805 g/mol. The molecule has 0 fully saturated rings. The zero-order valence-corrected chi connectivity index (χ0v) is 44.8.